The van der Waals surface area contributed by atoms with E-state index >= 15 is 0 Å². The van der Waals surface area contributed by atoms with E-state index < -0.39 is 16.7 Å². The van der Waals surface area contributed by atoms with Gasteiger partial charge in [0.05, 0.1) is 15.6 Å². The molecule has 2 heterocycles. The zero-order chi connectivity index (χ0) is 22.1. The first kappa shape index (κ1) is 20.5. The van der Waals surface area contributed by atoms with Crippen LogP contribution in [-0.2, 0) is 9.59 Å². The second-order valence-corrected chi connectivity index (χ2v) is 7.21. The van der Waals surface area contributed by atoms with E-state index in [-0.39, 0.29) is 27.2 Å². The number of nitro groups is 1. The largest absolute Gasteiger partial charge is 0.457 e. The maximum Gasteiger partial charge on any atom is 0.270 e. The molecule has 4 rings (SSSR count). The van der Waals surface area contributed by atoms with Gasteiger partial charge < -0.3 is 4.42 Å². The van der Waals surface area contributed by atoms with Crippen LogP contribution in [0.3, 0.4) is 0 Å². The molecule has 1 aliphatic heterocycles. The van der Waals surface area contributed by atoms with Crippen LogP contribution in [0, 0.1) is 10.1 Å². The van der Waals surface area contributed by atoms with Crippen LogP contribution >= 0.6 is 23.8 Å². The number of carbonyl (C=O) groups is 2. The van der Waals surface area contributed by atoms with Crippen LogP contribution in [0.1, 0.15) is 5.76 Å². The lowest BCUT2D eigenvalue weighted by atomic mass is 10.1. The van der Waals surface area contributed by atoms with Crippen LogP contribution in [0.15, 0.2) is 70.7 Å². The number of carbonyl (C=O) groups excluding carboxylic acids is 2. The monoisotopic (exact) mass is 453 g/mol. The fraction of sp³-hybridized carbons (Fsp3) is 0. The van der Waals surface area contributed by atoms with E-state index in [9.17, 15) is 19.7 Å². The third-order valence-electron chi connectivity index (χ3n) is 4.46. The number of thiocarbonyl (C=S) groups is 1. The Labute approximate surface area is 185 Å². The Balaban J connectivity index is 1.67. The van der Waals surface area contributed by atoms with E-state index in [2.05, 4.69) is 5.32 Å². The minimum absolute atomic E-state index is 0.0175. The molecule has 0 radical (unpaired) electrons. The van der Waals surface area contributed by atoms with Crippen molar-refractivity contribution in [1.82, 2.24) is 5.32 Å². The van der Waals surface area contributed by atoms with Gasteiger partial charge >= 0.3 is 0 Å². The van der Waals surface area contributed by atoms with E-state index in [1.165, 1.54) is 29.2 Å². The zero-order valence-corrected chi connectivity index (χ0v) is 17.1. The van der Waals surface area contributed by atoms with Crippen LogP contribution in [-0.4, -0.2) is 21.9 Å². The molecule has 0 aliphatic carbocycles. The summed E-state index contributed by atoms with van der Waals surface area (Å²) in [5.41, 5.74) is 0.641. The highest BCUT2D eigenvalue weighted by molar-refractivity contribution is 7.80. The van der Waals surface area contributed by atoms with Gasteiger partial charge in [0.15, 0.2) is 5.11 Å². The van der Waals surface area contributed by atoms with E-state index in [1.54, 1.807) is 42.5 Å². The predicted molar refractivity (Wildman–Crippen MR) is 118 cm³/mol. The lowest BCUT2D eigenvalue weighted by Crippen LogP contribution is -2.54. The Morgan fingerprint density at radius 1 is 1.10 bits per heavy atom. The van der Waals surface area contributed by atoms with Crippen molar-refractivity contribution >= 4 is 58.2 Å². The van der Waals surface area contributed by atoms with Crippen molar-refractivity contribution in [3.05, 3.63) is 87.1 Å². The second kappa shape index (κ2) is 8.13. The summed E-state index contributed by atoms with van der Waals surface area (Å²) in [7, 11) is 0. The summed E-state index contributed by atoms with van der Waals surface area (Å²) in [6, 6.07) is 15.8. The van der Waals surface area contributed by atoms with Crippen molar-refractivity contribution in [3.8, 4) is 11.3 Å². The number of para-hydroxylation sites is 1. The van der Waals surface area contributed by atoms with Gasteiger partial charge in [-0.2, -0.15) is 0 Å². The summed E-state index contributed by atoms with van der Waals surface area (Å²) < 4.78 is 5.70. The van der Waals surface area contributed by atoms with Crippen molar-refractivity contribution in [2.24, 2.45) is 0 Å². The standard InChI is InChI=1S/C21H12ClN3O5S/c22-17-10-13(25(28)29)6-8-15(17)18-9-7-14(30-18)11-16-19(26)23-21(31)24(20(16)27)12-4-2-1-3-5-12/h1-11H,(H,23,26,31)/b16-11-. The Bertz CT molecular complexity index is 1270. The Morgan fingerprint density at radius 3 is 2.52 bits per heavy atom. The van der Waals surface area contributed by atoms with Crippen molar-refractivity contribution < 1.29 is 18.9 Å². The SMILES string of the molecule is O=C1NC(=S)N(c2ccccc2)C(=O)/C1=C\c1ccc(-c2ccc([N+](=O)[O-])cc2Cl)o1. The highest BCUT2D eigenvalue weighted by Crippen LogP contribution is 2.33. The number of nitrogens with one attached hydrogen (secondary N) is 1. The molecule has 10 heteroatoms. The van der Waals surface area contributed by atoms with Crippen molar-refractivity contribution in [1.29, 1.82) is 0 Å². The molecule has 8 nitrogen and oxygen atoms in total. The second-order valence-electron chi connectivity index (χ2n) is 6.42. The maximum absolute atomic E-state index is 13.0. The van der Waals surface area contributed by atoms with Gasteiger partial charge in [-0.1, -0.05) is 29.8 Å². The number of benzene rings is 2. The highest BCUT2D eigenvalue weighted by atomic mass is 35.5. The van der Waals surface area contributed by atoms with E-state index in [4.69, 9.17) is 28.2 Å². The summed E-state index contributed by atoms with van der Waals surface area (Å²) in [6.45, 7) is 0. The van der Waals surface area contributed by atoms with Gasteiger partial charge in [-0.15, -0.1) is 0 Å². The lowest BCUT2D eigenvalue weighted by Gasteiger charge is -2.28. The molecule has 154 valence electrons. The van der Waals surface area contributed by atoms with Gasteiger partial charge in [0.25, 0.3) is 17.5 Å². The normalized spacial score (nSPS) is 15.3. The number of nitro benzene ring substituents is 1. The lowest BCUT2D eigenvalue weighted by molar-refractivity contribution is -0.384. The molecule has 0 atom stereocenters. The zero-order valence-electron chi connectivity index (χ0n) is 15.6. The molecule has 1 aromatic heterocycles. The molecule has 0 saturated carbocycles. The van der Waals surface area contributed by atoms with Crippen LogP contribution in [0.2, 0.25) is 5.02 Å². The number of rotatable bonds is 4. The van der Waals surface area contributed by atoms with Crippen molar-refractivity contribution in [3.63, 3.8) is 0 Å². The van der Waals surface area contributed by atoms with Gasteiger partial charge in [-0.25, -0.2) is 0 Å². The molecule has 1 saturated heterocycles. The summed E-state index contributed by atoms with van der Waals surface area (Å²) in [5.74, 6) is -0.686. The molecular weight excluding hydrogens is 442 g/mol. The van der Waals surface area contributed by atoms with Gasteiger partial charge in [0.2, 0.25) is 0 Å². The number of nitrogens with zero attached hydrogens (tertiary/aromatic N) is 2. The minimum atomic E-state index is -0.645. The number of hydrogen-bond acceptors (Lipinski definition) is 6. The molecule has 1 N–H and O–H groups in total. The van der Waals surface area contributed by atoms with Crippen LogP contribution in [0.25, 0.3) is 17.4 Å². The van der Waals surface area contributed by atoms with Crippen LogP contribution in [0.5, 0.6) is 0 Å². The summed E-state index contributed by atoms with van der Waals surface area (Å²) >= 11 is 11.3. The molecule has 31 heavy (non-hydrogen) atoms. The van der Waals surface area contributed by atoms with Gasteiger partial charge in [0.1, 0.15) is 17.1 Å². The van der Waals surface area contributed by atoms with Gasteiger partial charge in [-0.3, -0.25) is 29.9 Å². The number of anilines is 1. The molecule has 1 fully saturated rings. The van der Waals surface area contributed by atoms with Crippen LogP contribution < -0.4 is 10.2 Å². The Kier molecular flexibility index (Phi) is 5.37. The minimum Gasteiger partial charge on any atom is -0.457 e. The highest BCUT2D eigenvalue weighted by Gasteiger charge is 2.34. The van der Waals surface area contributed by atoms with Gasteiger partial charge in [-0.05, 0) is 48.6 Å². The number of furan rings is 1. The molecule has 2 aromatic carbocycles. The number of amides is 2. The molecule has 2 amide bonds. The van der Waals surface area contributed by atoms with E-state index in [0.29, 0.717) is 17.0 Å². The fourth-order valence-electron chi connectivity index (χ4n) is 3.00. The average molecular weight is 454 g/mol. The topological polar surface area (TPSA) is 106 Å². The summed E-state index contributed by atoms with van der Waals surface area (Å²) in [6.07, 6.45) is 1.30. The first-order valence-corrected chi connectivity index (χ1v) is 9.64. The fourth-order valence-corrected chi connectivity index (χ4v) is 3.55. The summed E-state index contributed by atoms with van der Waals surface area (Å²) in [5, 5.41) is 13.5. The predicted octanol–water partition coefficient (Wildman–Crippen LogP) is 4.34. The Hall–Kier alpha value is -3.82. The molecule has 0 bridgehead atoms. The van der Waals surface area contributed by atoms with Crippen molar-refractivity contribution in [2.45, 2.75) is 0 Å². The molecule has 1 aliphatic rings. The molecule has 0 unspecified atom stereocenters. The average Bonchev–Trinajstić information content (AvgIpc) is 3.20. The Morgan fingerprint density at radius 2 is 1.84 bits per heavy atom. The first-order valence-electron chi connectivity index (χ1n) is 8.86. The van der Waals surface area contributed by atoms with E-state index in [1.807, 2.05) is 0 Å². The third kappa shape index (κ3) is 3.96. The molecular formula is C21H12ClN3O5S. The third-order valence-corrected chi connectivity index (χ3v) is 5.06. The maximum atomic E-state index is 13.0. The van der Waals surface area contributed by atoms with E-state index in [0.717, 1.165) is 0 Å². The smallest absolute Gasteiger partial charge is 0.270 e. The quantitative estimate of drug-likeness (QED) is 0.207. The van der Waals surface area contributed by atoms with Gasteiger partial charge in [0, 0.05) is 17.7 Å². The first-order chi connectivity index (χ1) is 14.8. The number of non-ortho nitro benzene ring substituents is 1. The summed E-state index contributed by atoms with van der Waals surface area (Å²) in [4.78, 5) is 36.9. The number of hydrogen-bond donors (Lipinski definition) is 1. The van der Waals surface area contributed by atoms with Crippen LogP contribution in [0.4, 0.5) is 11.4 Å². The molecule has 3 aromatic rings. The van der Waals surface area contributed by atoms with Crippen molar-refractivity contribution in [2.75, 3.05) is 4.90 Å². The molecule has 0 spiro atoms. The number of halogens is 1.